The molecular weight excluding hydrogens is 295 g/mol. The van der Waals surface area contributed by atoms with Gasteiger partial charge in [-0.15, -0.1) is 0 Å². The predicted molar refractivity (Wildman–Crippen MR) is 77.9 cm³/mol. The van der Waals surface area contributed by atoms with Crippen molar-refractivity contribution in [3.8, 4) is 5.75 Å². The van der Waals surface area contributed by atoms with Crippen LogP contribution in [0.1, 0.15) is 38.5 Å². The smallest absolute Gasteiger partial charge is 0.238 e. The molecule has 7 heteroatoms. The van der Waals surface area contributed by atoms with Crippen LogP contribution in [0.5, 0.6) is 5.75 Å². The Morgan fingerprint density at radius 2 is 1.81 bits per heavy atom. The standard InChI is InChI=1S/C14H21FN2O3S/c15-12-9-11(21(17,18)19)5-6-13(12)20-10-14(16)7-3-1-2-4-8-14/h5-6,9H,1-4,7-8,10,16H2,(H2,17,18,19). The summed E-state index contributed by atoms with van der Waals surface area (Å²) in [6, 6.07) is 3.36. The summed E-state index contributed by atoms with van der Waals surface area (Å²) < 4.78 is 41.6. The van der Waals surface area contributed by atoms with E-state index >= 15 is 0 Å². The Kier molecular flexibility index (Phi) is 4.85. The largest absolute Gasteiger partial charge is 0.489 e. The minimum atomic E-state index is -3.91. The Hall–Kier alpha value is -1.18. The van der Waals surface area contributed by atoms with E-state index in [4.69, 9.17) is 15.6 Å². The van der Waals surface area contributed by atoms with E-state index in [2.05, 4.69) is 0 Å². The summed E-state index contributed by atoms with van der Waals surface area (Å²) in [6.07, 6.45) is 6.12. The number of hydrogen-bond acceptors (Lipinski definition) is 4. The Labute approximate surface area is 124 Å². The number of rotatable bonds is 4. The maximum absolute atomic E-state index is 13.9. The first-order valence-electron chi connectivity index (χ1n) is 7.04. The first kappa shape index (κ1) is 16.2. The van der Waals surface area contributed by atoms with Gasteiger partial charge in [-0.2, -0.15) is 0 Å². The van der Waals surface area contributed by atoms with Crippen LogP contribution < -0.4 is 15.6 Å². The summed E-state index contributed by atoms with van der Waals surface area (Å²) in [5, 5.41) is 4.95. The molecule has 0 radical (unpaired) electrons. The zero-order valence-electron chi connectivity index (χ0n) is 11.8. The fourth-order valence-corrected chi connectivity index (χ4v) is 3.10. The molecule has 0 heterocycles. The highest BCUT2D eigenvalue weighted by atomic mass is 32.2. The van der Waals surface area contributed by atoms with Crippen molar-refractivity contribution in [3.63, 3.8) is 0 Å². The summed E-state index contributed by atoms with van der Waals surface area (Å²) in [5.74, 6) is -0.754. The Morgan fingerprint density at radius 3 is 2.33 bits per heavy atom. The van der Waals surface area contributed by atoms with Crippen molar-refractivity contribution < 1.29 is 17.5 Å². The normalized spacial score (nSPS) is 19.0. The molecule has 0 amide bonds. The molecule has 1 aromatic carbocycles. The molecule has 0 aromatic heterocycles. The van der Waals surface area contributed by atoms with E-state index in [1.165, 1.54) is 12.1 Å². The number of nitrogens with two attached hydrogens (primary N) is 2. The van der Waals surface area contributed by atoms with Gasteiger partial charge in [0.1, 0.15) is 6.61 Å². The lowest BCUT2D eigenvalue weighted by molar-refractivity contribution is 0.193. The lowest BCUT2D eigenvalue weighted by Crippen LogP contribution is -2.45. The summed E-state index contributed by atoms with van der Waals surface area (Å²) in [5.41, 5.74) is 5.85. The molecular formula is C14H21FN2O3S. The van der Waals surface area contributed by atoms with Crippen LogP contribution in [0.25, 0.3) is 0 Å². The highest BCUT2D eigenvalue weighted by Gasteiger charge is 2.27. The van der Waals surface area contributed by atoms with E-state index in [0.717, 1.165) is 44.6 Å². The molecule has 118 valence electrons. The average molecular weight is 316 g/mol. The van der Waals surface area contributed by atoms with Crippen molar-refractivity contribution in [2.24, 2.45) is 10.9 Å². The fourth-order valence-electron chi connectivity index (χ4n) is 2.57. The van der Waals surface area contributed by atoms with Gasteiger partial charge in [0, 0.05) is 0 Å². The van der Waals surface area contributed by atoms with Gasteiger partial charge in [0.2, 0.25) is 10.0 Å². The van der Waals surface area contributed by atoms with E-state index < -0.39 is 21.4 Å². The van der Waals surface area contributed by atoms with Gasteiger partial charge in [0.05, 0.1) is 10.4 Å². The van der Waals surface area contributed by atoms with Crippen LogP contribution in [0.3, 0.4) is 0 Å². The number of primary sulfonamides is 1. The van der Waals surface area contributed by atoms with E-state index in [-0.39, 0.29) is 17.3 Å². The van der Waals surface area contributed by atoms with E-state index in [1.807, 2.05) is 0 Å². The van der Waals surface area contributed by atoms with Gasteiger partial charge in [0.15, 0.2) is 11.6 Å². The SMILES string of the molecule is NC1(COc2ccc(S(N)(=O)=O)cc2F)CCCCCC1. The Balaban J connectivity index is 2.06. The molecule has 1 aliphatic rings. The third-order valence-electron chi connectivity index (χ3n) is 3.85. The number of sulfonamides is 1. The first-order chi connectivity index (χ1) is 9.80. The number of hydrogen-bond donors (Lipinski definition) is 2. The third-order valence-corrected chi connectivity index (χ3v) is 4.76. The molecule has 0 saturated heterocycles. The molecule has 0 atom stereocenters. The van der Waals surface area contributed by atoms with Crippen molar-refractivity contribution in [3.05, 3.63) is 24.0 Å². The van der Waals surface area contributed by atoms with E-state index in [1.54, 1.807) is 0 Å². The minimum Gasteiger partial charge on any atom is -0.489 e. The molecule has 1 fully saturated rings. The zero-order chi connectivity index (χ0) is 15.5. The van der Waals surface area contributed by atoms with Crippen LogP contribution in [0.4, 0.5) is 4.39 Å². The zero-order valence-corrected chi connectivity index (χ0v) is 12.7. The predicted octanol–water partition coefficient (Wildman–Crippen LogP) is 1.90. The second kappa shape index (κ2) is 6.29. The molecule has 5 nitrogen and oxygen atoms in total. The summed E-state index contributed by atoms with van der Waals surface area (Å²) in [7, 11) is -3.91. The monoisotopic (exact) mass is 316 g/mol. The van der Waals surface area contributed by atoms with Gasteiger partial charge in [-0.1, -0.05) is 25.7 Å². The number of benzene rings is 1. The molecule has 4 N–H and O–H groups in total. The summed E-state index contributed by atoms with van der Waals surface area (Å²) >= 11 is 0. The molecule has 1 saturated carbocycles. The van der Waals surface area contributed by atoms with Gasteiger partial charge < -0.3 is 10.5 Å². The van der Waals surface area contributed by atoms with Gasteiger partial charge in [-0.05, 0) is 31.0 Å². The molecule has 0 aliphatic heterocycles. The fraction of sp³-hybridized carbons (Fsp3) is 0.571. The van der Waals surface area contributed by atoms with Gasteiger partial charge >= 0.3 is 0 Å². The van der Waals surface area contributed by atoms with E-state index in [0.29, 0.717) is 0 Å². The maximum atomic E-state index is 13.9. The maximum Gasteiger partial charge on any atom is 0.238 e. The molecule has 0 unspecified atom stereocenters. The lowest BCUT2D eigenvalue weighted by atomic mass is 9.92. The third kappa shape index (κ3) is 4.39. The lowest BCUT2D eigenvalue weighted by Gasteiger charge is -2.28. The molecule has 21 heavy (non-hydrogen) atoms. The van der Waals surface area contributed by atoms with Gasteiger partial charge in [-0.25, -0.2) is 17.9 Å². The Bertz CT molecular complexity index is 596. The van der Waals surface area contributed by atoms with Crippen LogP contribution in [-0.2, 0) is 10.0 Å². The van der Waals surface area contributed by atoms with Crippen molar-refractivity contribution in [2.75, 3.05) is 6.61 Å². The molecule has 0 bridgehead atoms. The summed E-state index contributed by atoms with van der Waals surface area (Å²) in [6.45, 7) is 0.221. The second-order valence-corrected chi connectivity index (χ2v) is 7.26. The molecule has 1 aromatic rings. The van der Waals surface area contributed by atoms with Crippen molar-refractivity contribution in [2.45, 2.75) is 49.0 Å². The quantitative estimate of drug-likeness (QED) is 0.829. The molecule has 1 aliphatic carbocycles. The van der Waals surface area contributed by atoms with Gasteiger partial charge in [-0.3, -0.25) is 0 Å². The number of ether oxygens (including phenoxy) is 1. The van der Waals surface area contributed by atoms with Crippen LogP contribution in [0.2, 0.25) is 0 Å². The van der Waals surface area contributed by atoms with Crippen LogP contribution in [0, 0.1) is 5.82 Å². The minimum absolute atomic E-state index is 0.00327. The average Bonchev–Trinajstić information content (AvgIpc) is 2.61. The summed E-state index contributed by atoms with van der Waals surface area (Å²) in [4.78, 5) is -0.274. The van der Waals surface area contributed by atoms with Crippen molar-refractivity contribution in [1.82, 2.24) is 0 Å². The second-order valence-electron chi connectivity index (χ2n) is 5.70. The topological polar surface area (TPSA) is 95.4 Å². The van der Waals surface area contributed by atoms with E-state index in [9.17, 15) is 12.8 Å². The molecule has 0 spiro atoms. The molecule has 2 rings (SSSR count). The highest BCUT2D eigenvalue weighted by Crippen LogP contribution is 2.27. The van der Waals surface area contributed by atoms with Gasteiger partial charge in [0.25, 0.3) is 0 Å². The van der Waals surface area contributed by atoms with Crippen LogP contribution in [-0.4, -0.2) is 20.6 Å². The number of halogens is 1. The van der Waals surface area contributed by atoms with Crippen LogP contribution >= 0.6 is 0 Å². The highest BCUT2D eigenvalue weighted by molar-refractivity contribution is 7.89. The first-order valence-corrected chi connectivity index (χ1v) is 8.59. The van der Waals surface area contributed by atoms with Crippen molar-refractivity contribution in [1.29, 1.82) is 0 Å². The Morgan fingerprint density at radius 1 is 1.19 bits per heavy atom. The van der Waals surface area contributed by atoms with Crippen LogP contribution in [0.15, 0.2) is 23.1 Å². The van der Waals surface area contributed by atoms with Crippen molar-refractivity contribution >= 4 is 10.0 Å².